The SMILES string of the molecule is Cc1ccccc1C(=O)C1CCOC2(CCSC2)C1. The number of ketones is 1. The van der Waals surface area contributed by atoms with E-state index in [0.29, 0.717) is 5.78 Å². The van der Waals surface area contributed by atoms with Crippen LogP contribution in [0.2, 0.25) is 0 Å². The standard InChI is InChI=1S/C16H20O2S/c1-12-4-2-3-5-14(12)15(17)13-6-8-18-16(10-13)7-9-19-11-16/h2-5,13H,6-11H2,1H3. The highest BCUT2D eigenvalue weighted by atomic mass is 32.2. The van der Waals surface area contributed by atoms with Crippen molar-refractivity contribution >= 4 is 17.5 Å². The van der Waals surface area contributed by atoms with Crippen LogP contribution in [0.15, 0.2) is 24.3 Å². The Morgan fingerprint density at radius 2 is 2.26 bits per heavy atom. The molecule has 2 aliphatic rings. The second-order valence-corrected chi connectivity index (χ2v) is 6.81. The molecule has 3 heteroatoms. The van der Waals surface area contributed by atoms with Crippen LogP contribution in [0.1, 0.15) is 35.2 Å². The molecule has 0 saturated carbocycles. The molecule has 2 saturated heterocycles. The predicted octanol–water partition coefficient (Wildman–Crippen LogP) is 3.48. The van der Waals surface area contributed by atoms with Crippen molar-refractivity contribution in [1.29, 1.82) is 0 Å². The zero-order chi connectivity index (χ0) is 13.3. The lowest BCUT2D eigenvalue weighted by atomic mass is 9.80. The Morgan fingerprint density at radius 3 is 3.00 bits per heavy atom. The summed E-state index contributed by atoms with van der Waals surface area (Å²) >= 11 is 1.96. The first kappa shape index (κ1) is 13.2. The van der Waals surface area contributed by atoms with E-state index >= 15 is 0 Å². The maximum Gasteiger partial charge on any atom is 0.166 e. The molecule has 0 N–H and O–H groups in total. The number of hydrogen-bond acceptors (Lipinski definition) is 3. The highest BCUT2D eigenvalue weighted by molar-refractivity contribution is 7.99. The number of rotatable bonds is 2. The third kappa shape index (κ3) is 2.59. The van der Waals surface area contributed by atoms with Crippen molar-refractivity contribution in [2.45, 2.75) is 31.8 Å². The van der Waals surface area contributed by atoms with Crippen molar-refractivity contribution in [2.75, 3.05) is 18.1 Å². The van der Waals surface area contributed by atoms with Crippen LogP contribution in [0.4, 0.5) is 0 Å². The molecule has 102 valence electrons. The molecular formula is C16H20O2S. The summed E-state index contributed by atoms with van der Waals surface area (Å²) in [6, 6.07) is 7.93. The van der Waals surface area contributed by atoms with Crippen molar-refractivity contribution in [3.63, 3.8) is 0 Å². The molecule has 1 aromatic rings. The van der Waals surface area contributed by atoms with Gasteiger partial charge in [0.2, 0.25) is 0 Å². The Labute approximate surface area is 118 Å². The molecule has 2 heterocycles. The van der Waals surface area contributed by atoms with Crippen molar-refractivity contribution in [2.24, 2.45) is 5.92 Å². The van der Waals surface area contributed by atoms with Crippen LogP contribution in [0.3, 0.4) is 0 Å². The van der Waals surface area contributed by atoms with Gasteiger partial charge < -0.3 is 4.74 Å². The van der Waals surface area contributed by atoms with E-state index < -0.39 is 0 Å². The number of thioether (sulfide) groups is 1. The normalized spacial score (nSPS) is 30.7. The van der Waals surface area contributed by atoms with Gasteiger partial charge in [-0.15, -0.1) is 0 Å². The summed E-state index contributed by atoms with van der Waals surface area (Å²) in [5.74, 6) is 2.70. The summed E-state index contributed by atoms with van der Waals surface area (Å²) in [6.45, 7) is 2.76. The van der Waals surface area contributed by atoms with Gasteiger partial charge in [-0.2, -0.15) is 11.8 Å². The number of ether oxygens (including phenoxy) is 1. The number of Topliss-reactive ketones (excluding diaryl/α,β-unsaturated/α-hetero) is 1. The zero-order valence-electron chi connectivity index (χ0n) is 11.4. The summed E-state index contributed by atoms with van der Waals surface area (Å²) < 4.78 is 6.00. The van der Waals surface area contributed by atoms with E-state index in [2.05, 4.69) is 0 Å². The van der Waals surface area contributed by atoms with Crippen molar-refractivity contribution in [3.8, 4) is 0 Å². The second kappa shape index (κ2) is 5.29. The third-order valence-corrected chi connectivity index (χ3v) is 5.56. The van der Waals surface area contributed by atoms with E-state index in [1.807, 2.05) is 43.0 Å². The summed E-state index contributed by atoms with van der Waals surface area (Å²) in [5, 5.41) is 0. The van der Waals surface area contributed by atoms with E-state index in [0.717, 1.165) is 42.7 Å². The lowest BCUT2D eigenvalue weighted by Gasteiger charge is -2.37. The highest BCUT2D eigenvalue weighted by Crippen LogP contribution is 2.41. The minimum Gasteiger partial charge on any atom is -0.374 e. The van der Waals surface area contributed by atoms with Crippen LogP contribution in [0, 0.1) is 12.8 Å². The van der Waals surface area contributed by atoms with Gasteiger partial charge in [-0.1, -0.05) is 24.3 Å². The van der Waals surface area contributed by atoms with E-state index in [9.17, 15) is 4.79 Å². The maximum absolute atomic E-state index is 12.7. The van der Waals surface area contributed by atoms with Gasteiger partial charge in [0.05, 0.1) is 5.60 Å². The zero-order valence-corrected chi connectivity index (χ0v) is 12.2. The van der Waals surface area contributed by atoms with Gasteiger partial charge in [-0.05, 0) is 37.5 Å². The van der Waals surface area contributed by atoms with Crippen molar-refractivity contribution in [3.05, 3.63) is 35.4 Å². The second-order valence-electron chi connectivity index (χ2n) is 5.70. The van der Waals surface area contributed by atoms with Gasteiger partial charge in [-0.3, -0.25) is 4.79 Å². The Balaban J connectivity index is 1.78. The largest absolute Gasteiger partial charge is 0.374 e. The van der Waals surface area contributed by atoms with E-state index in [-0.39, 0.29) is 11.5 Å². The van der Waals surface area contributed by atoms with E-state index in [1.165, 1.54) is 5.75 Å². The number of carbonyl (C=O) groups excluding carboxylic acids is 1. The Kier molecular flexibility index (Phi) is 3.68. The number of carbonyl (C=O) groups is 1. The average Bonchev–Trinajstić information content (AvgIpc) is 2.86. The minimum atomic E-state index is -0.00801. The summed E-state index contributed by atoms with van der Waals surface area (Å²) in [4.78, 5) is 12.7. The molecule has 2 unspecified atom stereocenters. The van der Waals surface area contributed by atoms with Gasteiger partial charge in [0.1, 0.15) is 0 Å². The first-order valence-corrected chi connectivity index (χ1v) is 8.17. The van der Waals surface area contributed by atoms with Crippen molar-refractivity contribution in [1.82, 2.24) is 0 Å². The molecule has 19 heavy (non-hydrogen) atoms. The molecule has 0 amide bonds. The topological polar surface area (TPSA) is 26.3 Å². The van der Waals surface area contributed by atoms with Crippen molar-refractivity contribution < 1.29 is 9.53 Å². The molecule has 2 aliphatic heterocycles. The Hall–Kier alpha value is -0.800. The van der Waals surface area contributed by atoms with E-state index in [4.69, 9.17) is 4.74 Å². The molecule has 2 nitrogen and oxygen atoms in total. The molecule has 0 aliphatic carbocycles. The van der Waals surface area contributed by atoms with Gasteiger partial charge in [0.15, 0.2) is 5.78 Å². The quantitative estimate of drug-likeness (QED) is 0.774. The molecular weight excluding hydrogens is 256 g/mol. The van der Waals surface area contributed by atoms with Gasteiger partial charge in [-0.25, -0.2) is 0 Å². The Morgan fingerprint density at radius 1 is 1.42 bits per heavy atom. The van der Waals surface area contributed by atoms with Gasteiger partial charge >= 0.3 is 0 Å². The van der Waals surface area contributed by atoms with Crippen LogP contribution >= 0.6 is 11.8 Å². The molecule has 0 bridgehead atoms. The first-order chi connectivity index (χ1) is 9.20. The molecule has 3 rings (SSSR count). The fraction of sp³-hybridized carbons (Fsp3) is 0.562. The highest BCUT2D eigenvalue weighted by Gasteiger charge is 2.42. The van der Waals surface area contributed by atoms with Crippen LogP contribution in [0.25, 0.3) is 0 Å². The molecule has 2 atom stereocenters. The smallest absolute Gasteiger partial charge is 0.166 e. The number of benzene rings is 1. The van der Waals surface area contributed by atoms with E-state index in [1.54, 1.807) is 0 Å². The molecule has 0 radical (unpaired) electrons. The summed E-state index contributed by atoms with van der Waals surface area (Å²) in [6.07, 6.45) is 2.89. The average molecular weight is 276 g/mol. The maximum atomic E-state index is 12.7. The minimum absolute atomic E-state index is 0.00801. The first-order valence-electron chi connectivity index (χ1n) is 7.02. The number of hydrogen-bond donors (Lipinski definition) is 0. The summed E-state index contributed by atoms with van der Waals surface area (Å²) in [7, 11) is 0. The Bertz CT molecular complexity index is 477. The van der Waals surface area contributed by atoms with Crippen LogP contribution in [-0.4, -0.2) is 29.5 Å². The van der Waals surface area contributed by atoms with Crippen LogP contribution < -0.4 is 0 Å². The molecule has 1 aromatic carbocycles. The molecule has 2 fully saturated rings. The fourth-order valence-corrected chi connectivity index (χ4v) is 4.56. The fourth-order valence-electron chi connectivity index (χ4n) is 3.18. The molecule has 0 aromatic heterocycles. The lowest BCUT2D eigenvalue weighted by Crippen LogP contribution is -2.42. The van der Waals surface area contributed by atoms with Gasteiger partial charge in [0, 0.05) is 23.8 Å². The van der Waals surface area contributed by atoms with Crippen LogP contribution in [0.5, 0.6) is 0 Å². The molecule has 1 spiro atoms. The summed E-state index contributed by atoms with van der Waals surface area (Å²) in [5.41, 5.74) is 1.98. The predicted molar refractivity (Wildman–Crippen MR) is 78.9 cm³/mol. The number of aryl methyl sites for hydroxylation is 1. The lowest BCUT2D eigenvalue weighted by molar-refractivity contribution is -0.0734. The third-order valence-electron chi connectivity index (χ3n) is 4.34. The van der Waals surface area contributed by atoms with Crippen LogP contribution in [-0.2, 0) is 4.74 Å². The monoisotopic (exact) mass is 276 g/mol. The van der Waals surface area contributed by atoms with Gasteiger partial charge in [0.25, 0.3) is 0 Å².